The highest BCUT2D eigenvalue weighted by molar-refractivity contribution is 8.00. The van der Waals surface area contributed by atoms with Gasteiger partial charge in [-0.05, 0) is 61.8 Å². The van der Waals surface area contributed by atoms with Gasteiger partial charge < -0.3 is 20.7 Å². The highest BCUT2D eigenvalue weighted by Crippen LogP contribution is 2.48. The SMILES string of the molecule is CC[C@H](C)[C@H](NC[C@H](CSC(c1ccccc1)(c1ccccc1)c1ccccc1)NC(=O)OC(C)(C)C)C(=O)NCCCc1ccccc1. The highest BCUT2D eigenvalue weighted by Gasteiger charge is 2.38. The van der Waals surface area contributed by atoms with Crippen LogP contribution < -0.4 is 16.0 Å². The van der Waals surface area contributed by atoms with E-state index in [-0.39, 0.29) is 17.9 Å². The maximum Gasteiger partial charge on any atom is 0.407 e. The van der Waals surface area contributed by atoms with Crippen molar-refractivity contribution in [3.05, 3.63) is 144 Å². The van der Waals surface area contributed by atoms with E-state index in [0.717, 1.165) is 36.0 Å². The van der Waals surface area contributed by atoms with Crippen molar-refractivity contribution < 1.29 is 14.3 Å². The van der Waals surface area contributed by atoms with E-state index >= 15 is 0 Å². The Hall–Kier alpha value is -4.07. The van der Waals surface area contributed by atoms with Crippen molar-refractivity contribution in [1.82, 2.24) is 16.0 Å². The van der Waals surface area contributed by atoms with Gasteiger partial charge in [-0.2, -0.15) is 0 Å². The van der Waals surface area contributed by atoms with Crippen LogP contribution in [0.4, 0.5) is 4.79 Å². The van der Waals surface area contributed by atoms with Crippen molar-refractivity contribution in [3.63, 3.8) is 0 Å². The van der Waals surface area contributed by atoms with Gasteiger partial charge in [0.05, 0.1) is 16.8 Å². The monoisotopic (exact) mass is 679 g/mol. The third-order valence-electron chi connectivity index (χ3n) is 8.63. The molecule has 0 aromatic heterocycles. The van der Waals surface area contributed by atoms with Crippen LogP contribution in [0.15, 0.2) is 121 Å². The Morgan fingerprint density at radius 1 is 0.755 bits per heavy atom. The largest absolute Gasteiger partial charge is 0.444 e. The predicted molar refractivity (Wildman–Crippen MR) is 204 cm³/mol. The van der Waals surface area contributed by atoms with Crippen LogP contribution >= 0.6 is 11.8 Å². The summed E-state index contributed by atoms with van der Waals surface area (Å²) in [6.07, 6.45) is 2.14. The normalized spacial score (nSPS) is 13.6. The molecule has 2 amide bonds. The summed E-state index contributed by atoms with van der Waals surface area (Å²) in [5.74, 6) is 0.635. The number of alkyl carbamates (subject to hydrolysis) is 1. The summed E-state index contributed by atoms with van der Waals surface area (Å²) in [5.41, 5.74) is 4.06. The molecule has 4 aromatic carbocycles. The minimum absolute atomic E-state index is 0.0155. The number of hydrogen-bond donors (Lipinski definition) is 3. The molecule has 6 nitrogen and oxygen atoms in total. The maximum absolute atomic E-state index is 13.6. The quantitative estimate of drug-likeness (QED) is 0.0773. The van der Waals surface area contributed by atoms with Gasteiger partial charge in [-0.3, -0.25) is 4.79 Å². The Morgan fingerprint density at radius 3 is 1.71 bits per heavy atom. The number of amides is 2. The minimum Gasteiger partial charge on any atom is -0.444 e. The van der Waals surface area contributed by atoms with Crippen LogP contribution in [0.2, 0.25) is 0 Å². The van der Waals surface area contributed by atoms with Crippen molar-refractivity contribution in [1.29, 1.82) is 0 Å². The smallest absolute Gasteiger partial charge is 0.407 e. The number of rotatable bonds is 17. The van der Waals surface area contributed by atoms with Gasteiger partial charge in [0.15, 0.2) is 0 Å². The summed E-state index contributed by atoms with van der Waals surface area (Å²) in [6, 6.07) is 41.1. The van der Waals surface area contributed by atoms with E-state index in [1.54, 1.807) is 11.8 Å². The zero-order valence-electron chi connectivity index (χ0n) is 29.7. The molecule has 0 aliphatic rings. The second-order valence-electron chi connectivity index (χ2n) is 13.6. The van der Waals surface area contributed by atoms with Gasteiger partial charge >= 0.3 is 6.09 Å². The van der Waals surface area contributed by atoms with E-state index in [1.807, 2.05) is 57.2 Å². The van der Waals surface area contributed by atoms with Gasteiger partial charge in [-0.15, -0.1) is 11.8 Å². The molecule has 0 radical (unpaired) electrons. The molecule has 0 aliphatic carbocycles. The molecular weight excluding hydrogens is 627 g/mol. The van der Waals surface area contributed by atoms with E-state index in [4.69, 9.17) is 4.74 Å². The minimum atomic E-state index is -0.643. The van der Waals surface area contributed by atoms with E-state index in [0.29, 0.717) is 18.8 Å². The van der Waals surface area contributed by atoms with Crippen LogP contribution in [0.3, 0.4) is 0 Å². The summed E-state index contributed by atoms with van der Waals surface area (Å²) in [4.78, 5) is 26.8. The second-order valence-corrected chi connectivity index (χ2v) is 14.8. The lowest BCUT2D eigenvalue weighted by Crippen LogP contribution is -2.53. The molecule has 0 unspecified atom stereocenters. The van der Waals surface area contributed by atoms with Crippen molar-refractivity contribution >= 4 is 23.8 Å². The summed E-state index contributed by atoms with van der Waals surface area (Å²) < 4.78 is 5.16. The fourth-order valence-electron chi connectivity index (χ4n) is 5.94. The lowest BCUT2D eigenvalue weighted by molar-refractivity contribution is -0.124. The lowest BCUT2D eigenvalue weighted by atomic mass is 9.84. The van der Waals surface area contributed by atoms with Gasteiger partial charge in [0.2, 0.25) is 5.91 Å². The van der Waals surface area contributed by atoms with Gasteiger partial charge in [0.25, 0.3) is 0 Å². The number of thioether (sulfide) groups is 1. The Labute approximate surface area is 297 Å². The predicted octanol–water partition coefficient (Wildman–Crippen LogP) is 8.36. The zero-order valence-corrected chi connectivity index (χ0v) is 30.5. The van der Waals surface area contributed by atoms with Crippen LogP contribution in [0.25, 0.3) is 0 Å². The van der Waals surface area contributed by atoms with Crippen LogP contribution in [0.5, 0.6) is 0 Å². The van der Waals surface area contributed by atoms with Crippen molar-refractivity contribution in [2.24, 2.45) is 5.92 Å². The third kappa shape index (κ3) is 11.2. The topological polar surface area (TPSA) is 79.5 Å². The van der Waals surface area contributed by atoms with Crippen molar-refractivity contribution in [3.8, 4) is 0 Å². The molecule has 49 heavy (non-hydrogen) atoms. The summed E-state index contributed by atoms with van der Waals surface area (Å²) in [5, 5.41) is 9.87. The van der Waals surface area contributed by atoms with E-state index in [1.165, 1.54) is 5.56 Å². The first-order valence-corrected chi connectivity index (χ1v) is 18.5. The first kappa shape index (κ1) is 37.7. The van der Waals surface area contributed by atoms with Crippen molar-refractivity contribution in [2.75, 3.05) is 18.8 Å². The lowest BCUT2D eigenvalue weighted by Gasteiger charge is -2.37. The van der Waals surface area contributed by atoms with Crippen molar-refractivity contribution in [2.45, 2.75) is 76.3 Å². The summed E-state index contributed by atoms with van der Waals surface area (Å²) in [7, 11) is 0. The number of aryl methyl sites for hydroxylation is 1. The molecular formula is C42H53N3O3S. The van der Waals surface area contributed by atoms with Gasteiger partial charge in [-0.25, -0.2) is 4.79 Å². The maximum atomic E-state index is 13.6. The average Bonchev–Trinajstić information content (AvgIpc) is 3.11. The number of ether oxygens (including phenoxy) is 1. The molecule has 7 heteroatoms. The molecule has 0 aliphatic heterocycles. The molecule has 0 fully saturated rings. The Balaban J connectivity index is 1.57. The number of carbonyl (C=O) groups is 2. The Bertz CT molecular complexity index is 1450. The van der Waals surface area contributed by atoms with Gasteiger partial charge in [0.1, 0.15) is 5.60 Å². The van der Waals surface area contributed by atoms with Crippen LogP contribution in [-0.2, 0) is 20.7 Å². The van der Waals surface area contributed by atoms with Gasteiger partial charge in [-0.1, -0.05) is 142 Å². The van der Waals surface area contributed by atoms with Gasteiger partial charge in [0, 0.05) is 18.8 Å². The fraction of sp³-hybridized carbons (Fsp3) is 0.381. The molecule has 4 rings (SSSR count). The zero-order chi connectivity index (χ0) is 35.1. The van der Waals surface area contributed by atoms with Crippen LogP contribution in [0.1, 0.15) is 69.7 Å². The number of hydrogen-bond acceptors (Lipinski definition) is 5. The molecule has 0 bridgehead atoms. The molecule has 0 heterocycles. The molecule has 260 valence electrons. The standard InChI is InChI=1S/C42H53N3O3S/c1-6-32(2)38(39(46)43-29-19-22-33-20-11-7-12-21-33)44-30-37(45-40(47)48-41(3,4)5)31-49-42(34-23-13-8-14-24-34,35-25-15-9-16-26-35)36-27-17-10-18-28-36/h7-18,20-21,23-28,32,37-38,44H,6,19,22,29-31H2,1-5H3,(H,43,46)(H,45,47)/t32-,37+,38-/m0/s1. The molecule has 3 N–H and O–H groups in total. The molecule has 0 saturated carbocycles. The Morgan fingerprint density at radius 2 is 1.24 bits per heavy atom. The number of carbonyl (C=O) groups excluding carboxylic acids is 2. The van der Waals surface area contributed by atoms with E-state index < -0.39 is 22.5 Å². The fourth-order valence-corrected chi connectivity index (χ4v) is 7.50. The highest BCUT2D eigenvalue weighted by atomic mass is 32.2. The van der Waals surface area contributed by atoms with Crippen LogP contribution in [0, 0.1) is 5.92 Å². The van der Waals surface area contributed by atoms with E-state index in [9.17, 15) is 9.59 Å². The first-order chi connectivity index (χ1) is 23.6. The average molecular weight is 680 g/mol. The molecule has 4 aromatic rings. The number of benzene rings is 4. The third-order valence-corrected chi connectivity index (χ3v) is 10.3. The summed E-state index contributed by atoms with van der Waals surface area (Å²) in [6.45, 7) is 10.8. The summed E-state index contributed by atoms with van der Waals surface area (Å²) >= 11 is 1.77. The first-order valence-electron chi connectivity index (χ1n) is 17.5. The molecule has 0 spiro atoms. The van der Waals surface area contributed by atoms with E-state index in [2.05, 4.69) is 115 Å². The molecule has 0 saturated heterocycles. The second kappa shape index (κ2) is 18.6. The Kier molecular flexibility index (Phi) is 14.3. The number of nitrogens with one attached hydrogen (secondary N) is 3. The molecule has 3 atom stereocenters. The van der Waals surface area contributed by atoms with Crippen LogP contribution in [-0.4, -0.2) is 48.5 Å².